The molecule has 4 aromatic rings. The Morgan fingerprint density at radius 1 is 0.962 bits per heavy atom. The van der Waals surface area contributed by atoms with Crippen molar-refractivity contribution in [1.29, 1.82) is 0 Å². The number of thiophene rings is 1. The van der Waals surface area contributed by atoms with Gasteiger partial charge in [-0.1, -0.05) is 18.2 Å². The number of rotatable bonds is 3. The van der Waals surface area contributed by atoms with Crippen LogP contribution in [0.4, 0.5) is 8.78 Å². The van der Waals surface area contributed by atoms with Gasteiger partial charge in [-0.2, -0.15) is 0 Å². The zero-order valence-corrected chi connectivity index (χ0v) is 14.2. The van der Waals surface area contributed by atoms with Crippen LogP contribution in [0.1, 0.15) is 5.56 Å². The SMILES string of the molecule is O=c1c2sccc2n(Cc2cc(F)ccc2F)c(=O)n1-c1ccccc1. The first-order valence-electron chi connectivity index (χ1n) is 7.78. The summed E-state index contributed by atoms with van der Waals surface area (Å²) in [5.74, 6) is -1.20. The van der Waals surface area contributed by atoms with Gasteiger partial charge in [-0.15, -0.1) is 11.3 Å². The third-order valence-electron chi connectivity index (χ3n) is 4.11. The average Bonchev–Trinajstić information content (AvgIpc) is 3.12. The second kappa shape index (κ2) is 6.34. The fourth-order valence-corrected chi connectivity index (χ4v) is 3.70. The Labute approximate surface area is 150 Å². The zero-order chi connectivity index (χ0) is 18.3. The summed E-state index contributed by atoms with van der Waals surface area (Å²) >= 11 is 1.20. The van der Waals surface area contributed by atoms with E-state index in [-0.39, 0.29) is 12.1 Å². The molecule has 0 aliphatic rings. The highest BCUT2D eigenvalue weighted by molar-refractivity contribution is 7.17. The van der Waals surface area contributed by atoms with Crippen molar-refractivity contribution in [1.82, 2.24) is 9.13 Å². The highest BCUT2D eigenvalue weighted by Crippen LogP contribution is 2.19. The number of nitrogens with zero attached hydrogens (tertiary/aromatic N) is 2. The van der Waals surface area contributed by atoms with Crippen molar-refractivity contribution >= 4 is 21.6 Å². The van der Waals surface area contributed by atoms with Crippen molar-refractivity contribution in [2.45, 2.75) is 6.54 Å². The summed E-state index contributed by atoms with van der Waals surface area (Å²) in [7, 11) is 0. The molecule has 0 fully saturated rings. The molecule has 0 amide bonds. The molecule has 2 heterocycles. The van der Waals surface area contributed by atoms with E-state index >= 15 is 0 Å². The van der Waals surface area contributed by atoms with E-state index in [2.05, 4.69) is 0 Å². The highest BCUT2D eigenvalue weighted by Gasteiger charge is 2.17. The molecule has 0 aliphatic carbocycles. The van der Waals surface area contributed by atoms with Crippen molar-refractivity contribution < 1.29 is 8.78 Å². The molecule has 0 bridgehead atoms. The van der Waals surface area contributed by atoms with E-state index in [1.54, 1.807) is 41.8 Å². The van der Waals surface area contributed by atoms with E-state index in [0.29, 0.717) is 15.9 Å². The van der Waals surface area contributed by atoms with Crippen LogP contribution in [-0.2, 0) is 6.54 Å². The largest absolute Gasteiger partial charge is 0.336 e. The maximum absolute atomic E-state index is 14.1. The molecule has 0 radical (unpaired) electrons. The van der Waals surface area contributed by atoms with Crippen LogP contribution in [0.25, 0.3) is 15.9 Å². The van der Waals surface area contributed by atoms with Gasteiger partial charge >= 0.3 is 5.69 Å². The van der Waals surface area contributed by atoms with Crippen molar-refractivity contribution in [3.8, 4) is 5.69 Å². The van der Waals surface area contributed by atoms with Crippen LogP contribution < -0.4 is 11.2 Å². The summed E-state index contributed by atoms with van der Waals surface area (Å²) in [5, 5.41) is 1.69. The van der Waals surface area contributed by atoms with Gasteiger partial charge in [0, 0.05) is 5.56 Å². The van der Waals surface area contributed by atoms with Crippen LogP contribution in [0.15, 0.2) is 69.6 Å². The summed E-state index contributed by atoms with van der Waals surface area (Å²) in [6, 6.07) is 13.2. The van der Waals surface area contributed by atoms with Crippen LogP contribution in [0.3, 0.4) is 0 Å². The monoisotopic (exact) mass is 370 g/mol. The van der Waals surface area contributed by atoms with E-state index in [9.17, 15) is 18.4 Å². The molecule has 0 N–H and O–H groups in total. The quantitative estimate of drug-likeness (QED) is 0.554. The van der Waals surface area contributed by atoms with Gasteiger partial charge in [-0.25, -0.2) is 18.1 Å². The lowest BCUT2D eigenvalue weighted by molar-refractivity contribution is 0.573. The number of fused-ring (bicyclic) bond motifs is 1. The maximum Gasteiger partial charge on any atom is 0.336 e. The summed E-state index contributed by atoms with van der Waals surface area (Å²) in [4.78, 5) is 25.8. The van der Waals surface area contributed by atoms with Crippen LogP contribution in [-0.4, -0.2) is 9.13 Å². The molecule has 0 aliphatic heterocycles. The summed E-state index contributed by atoms with van der Waals surface area (Å²) in [5.41, 5.74) is -0.164. The maximum atomic E-state index is 14.1. The van der Waals surface area contributed by atoms with Crippen molar-refractivity contribution in [2.75, 3.05) is 0 Å². The number of hydrogen-bond donors (Lipinski definition) is 0. The van der Waals surface area contributed by atoms with Crippen molar-refractivity contribution in [2.24, 2.45) is 0 Å². The summed E-state index contributed by atoms with van der Waals surface area (Å²) < 4.78 is 30.3. The Balaban J connectivity index is 2.01. The molecule has 26 heavy (non-hydrogen) atoms. The van der Waals surface area contributed by atoms with Crippen molar-refractivity contribution in [3.63, 3.8) is 0 Å². The minimum Gasteiger partial charge on any atom is -0.287 e. The number of hydrogen-bond acceptors (Lipinski definition) is 3. The molecule has 2 aromatic carbocycles. The zero-order valence-electron chi connectivity index (χ0n) is 13.4. The van der Waals surface area contributed by atoms with Crippen LogP contribution in [0.2, 0.25) is 0 Å². The third kappa shape index (κ3) is 2.66. The fourth-order valence-electron chi connectivity index (χ4n) is 2.88. The van der Waals surface area contributed by atoms with Crippen LogP contribution >= 0.6 is 11.3 Å². The Hall–Kier alpha value is -3.06. The summed E-state index contributed by atoms with van der Waals surface area (Å²) in [6.45, 7) is -0.178. The minimum atomic E-state index is -0.612. The van der Waals surface area contributed by atoms with E-state index in [1.807, 2.05) is 0 Å². The van der Waals surface area contributed by atoms with Gasteiger partial charge in [-0.05, 0) is 41.8 Å². The Morgan fingerprint density at radius 3 is 2.50 bits per heavy atom. The molecular weight excluding hydrogens is 358 g/mol. The number of aromatic nitrogens is 2. The van der Waals surface area contributed by atoms with Gasteiger partial charge < -0.3 is 0 Å². The molecule has 0 saturated heterocycles. The Morgan fingerprint density at radius 2 is 1.73 bits per heavy atom. The lowest BCUT2D eigenvalue weighted by atomic mass is 10.2. The van der Waals surface area contributed by atoms with Gasteiger partial charge in [0.2, 0.25) is 0 Å². The number of halogens is 2. The molecule has 0 spiro atoms. The smallest absolute Gasteiger partial charge is 0.287 e. The standard InChI is InChI=1S/C19H12F2N2O2S/c20-13-6-7-15(21)12(10-13)11-22-16-8-9-26-17(16)18(24)23(19(22)25)14-4-2-1-3-5-14/h1-10H,11H2. The van der Waals surface area contributed by atoms with Gasteiger partial charge in [0.15, 0.2) is 0 Å². The lowest BCUT2D eigenvalue weighted by Gasteiger charge is -2.13. The van der Waals surface area contributed by atoms with Crippen molar-refractivity contribution in [3.05, 3.63) is 98.0 Å². The van der Waals surface area contributed by atoms with Gasteiger partial charge in [0.25, 0.3) is 5.56 Å². The lowest BCUT2D eigenvalue weighted by Crippen LogP contribution is -2.38. The molecule has 2 aromatic heterocycles. The summed E-state index contributed by atoms with van der Waals surface area (Å²) in [6.07, 6.45) is 0. The van der Waals surface area contributed by atoms with E-state index in [1.165, 1.54) is 15.9 Å². The average molecular weight is 370 g/mol. The Kier molecular flexibility index (Phi) is 4.00. The fraction of sp³-hybridized carbons (Fsp3) is 0.0526. The first-order valence-corrected chi connectivity index (χ1v) is 8.66. The van der Waals surface area contributed by atoms with Crippen LogP contribution in [0.5, 0.6) is 0 Å². The van der Waals surface area contributed by atoms with Gasteiger partial charge in [0.1, 0.15) is 16.3 Å². The molecular formula is C19H12F2N2O2S. The third-order valence-corrected chi connectivity index (χ3v) is 5.00. The van der Waals surface area contributed by atoms with E-state index in [0.717, 1.165) is 22.8 Å². The van der Waals surface area contributed by atoms with Gasteiger partial charge in [-0.3, -0.25) is 9.36 Å². The minimum absolute atomic E-state index is 0.0397. The Bertz CT molecular complexity index is 1230. The number of benzene rings is 2. The molecule has 130 valence electrons. The normalized spacial score (nSPS) is 11.2. The molecule has 0 atom stereocenters. The van der Waals surface area contributed by atoms with Crippen LogP contribution in [0, 0.1) is 11.6 Å². The topological polar surface area (TPSA) is 44.0 Å². The second-order valence-electron chi connectivity index (χ2n) is 5.72. The molecule has 0 unspecified atom stereocenters. The highest BCUT2D eigenvalue weighted by atomic mass is 32.1. The second-order valence-corrected chi connectivity index (χ2v) is 6.63. The van der Waals surface area contributed by atoms with E-state index < -0.39 is 22.9 Å². The van der Waals surface area contributed by atoms with E-state index in [4.69, 9.17) is 0 Å². The predicted octanol–water partition coefficient (Wildman–Crippen LogP) is 3.54. The molecule has 4 nitrogen and oxygen atoms in total. The predicted molar refractivity (Wildman–Crippen MR) is 97.1 cm³/mol. The van der Waals surface area contributed by atoms with Gasteiger partial charge in [0.05, 0.1) is 17.7 Å². The molecule has 0 saturated carbocycles. The number of para-hydroxylation sites is 1. The first-order chi connectivity index (χ1) is 12.6. The molecule has 7 heteroatoms. The molecule has 4 rings (SSSR count). The first kappa shape index (κ1) is 16.4.